The van der Waals surface area contributed by atoms with Crippen molar-refractivity contribution in [3.05, 3.63) is 23.8 Å². The molecule has 0 aromatic rings. The lowest BCUT2D eigenvalue weighted by Crippen LogP contribution is -2.38. The Labute approximate surface area is 178 Å². The van der Waals surface area contributed by atoms with Gasteiger partial charge in [0, 0.05) is 11.0 Å². The minimum Gasteiger partial charge on any atom is -0.481 e. The number of hydrogen-bond donors (Lipinski definition) is 1. The van der Waals surface area contributed by atoms with Crippen LogP contribution in [0.3, 0.4) is 0 Å². The average molecular weight is 397 g/mol. The molecule has 0 saturated heterocycles. The fourth-order valence-corrected chi connectivity index (χ4v) is 5.61. The van der Waals surface area contributed by atoms with Crippen LogP contribution in [0.4, 0.5) is 0 Å². The molecule has 2 saturated carbocycles. The molecule has 160 valence electrons. The molecule has 29 heavy (non-hydrogen) atoms. The van der Waals surface area contributed by atoms with Gasteiger partial charge in [-0.15, -0.1) is 0 Å². The zero-order valence-electron chi connectivity index (χ0n) is 19.1. The molecule has 3 unspecified atom stereocenters. The highest BCUT2D eigenvalue weighted by atomic mass is 16.4. The monoisotopic (exact) mass is 396 g/mol. The van der Waals surface area contributed by atoms with E-state index < -0.39 is 5.97 Å². The van der Waals surface area contributed by atoms with Gasteiger partial charge in [-0.05, 0) is 101 Å². The largest absolute Gasteiger partial charge is 0.481 e. The zero-order valence-corrected chi connectivity index (χ0v) is 19.1. The first-order chi connectivity index (χ1) is 13.5. The fraction of sp³-hybridized carbons (Fsp3) is 0.741. The Bertz CT molecular complexity index is 714. The van der Waals surface area contributed by atoms with Crippen molar-refractivity contribution in [1.82, 2.24) is 0 Å². The zero-order chi connectivity index (χ0) is 21.2. The molecule has 3 rings (SSSR count). The van der Waals surface area contributed by atoms with Crippen LogP contribution in [0.5, 0.6) is 0 Å². The molecule has 0 amide bonds. The van der Waals surface area contributed by atoms with Crippen molar-refractivity contribution < 1.29 is 9.90 Å². The number of carbonyl (C=O) groups is 1. The lowest BCUT2D eigenvalue weighted by molar-refractivity contribution is -0.142. The maximum absolute atomic E-state index is 11.2. The Morgan fingerprint density at radius 1 is 1.07 bits per heavy atom. The predicted molar refractivity (Wildman–Crippen MR) is 120 cm³/mol. The molecular weight excluding hydrogens is 356 g/mol. The first-order valence-corrected chi connectivity index (χ1v) is 11.7. The molecule has 0 bridgehead atoms. The quantitative estimate of drug-likeness (QED) is 0.417. The molecule has 3 atom stereocenters. The molecule has 2 nitrogen and oxygen atoms in total. The van der Waals surface area contributed by atoms with E-state index in [0.717, 1.165) is 38.0 Å². The summed E-state index contributed by atoms with van der Waals surface area (Å²) in [5.74, 6) is 8.88. The van der Waals surface area contributed by atoms with E-state index in [-0.39, 0.29) is 11.3 Å². The van der Waals surface area contributed by atoms with E-state index in [1.807, 2.05) is 0 Å². The highest BCUT2D eigenvalue weighted by Gasteiger charge is 2.42. The van der Waals surface area contributed by atoms with E-state index in [0.29, 0.717) is 23.2 Å². The van der Waals surface area contributed by atoms with Crippen LogP contribution in [0.2, 0.25) is 0 Å². The summed E-state index contributed by atoms with van der Waals surface area (Å²) in [7, 11) is 0. The van der Waals surface area contributed by atoms with E-state index in [4.69, 9.17) is 0 Å². The summed E-state index contributed by atoms with van der Waals surface area (Å²) in [4.78, 5) is 11.2. The topological polar surface area (TPSA) is 37.3 Å². The maximum atomic E-state index is 11.2. The van der Waals surface area contributed by atoms with Crippen LogP contribution in [-0.4, -0.2) is 11.1 Å². The van der Waals surface area contributed by atoms with Crippen molar-refractivity contribution in [2.24, 2.45) is 40.4 Å². The molecule has 2 fully saturated rings. The second kappa shape index (κ2) is 8.71. The van der Waals surface area contributed by atoms with Gasteiger partial charge in [0.25, 0.3) is 0 Å². The minimum atomic E-state index is -0.610. The van der Waals surface area contributed by atoms with Gasteiger partial charge in [0.1, 0.15) is 0 Å². The molecular formula is C27H40O2. The molecule has 2 heteroatoms. The predicted octanol–water partition coefficient (Wildman–Crippen LogP) is 6.87. The van der Waals surface area contributed by atoms with Crippen LogP contribution in [0.25, 0.3) is 0 Å². The number of carboxylic acid groups (broad SMARTS) is 1. The molecule has 1 N–H and O–H groups in total. The van der Waals surface area contributed by atoms with Crippen molar-refractivity contribution in [3.8, 4) is 11.8 Å². The van der Waals surface area contributed by atoms with E-state index in [9.17, 15) is 9.90 Å². The van der Waals surface area contributed by atoms with Gasteiger partial charge in [-0.3, -0.25) is 4.79 Å². The Kier molecular flexibility index (Phi) is 6.67. The second-order valence-electron chi connectivity index (χ2n) is 11.5. The van der Waals surface area contributed by atoms with Crippen LogP contribution in [-0.2, 0) is 4.79 Å². The summed E-state index contributed by atoms with van der Waals surface area (Å²) < 4.78 is 0. The Hall–Kier alpha value is -1.49. The summed E-state index contributed by atoms with van der Waals surface area (Å²) in [5.41, 5.74) is 1.82. The molecule has 0 aromatic carbocycles. The third-order valence-corrected chi connectivity index (χ3v) is 7.50. The normalized spacial score (nSPS) is 34.7. The number of allylic oxidation sites excluding steroid dienone is 4. The van der Waals surface area contributed by atoms with Gasteiger partial charge in [-0.25, -0.2) is 0 Å². The van der Waals surface area contributed by atoms with Crippen LogP contribution in [0.15, 0.2) is 23.8 Å². The third kappa shape index (κ3) is 5.78. The molecule has 3 aliphatic carbocycles. The third-order valence-electron chi connectivity index (χ3n) is 7.50. The molecule has 0 radical (unpaired) electrons. The smallest absolute Gasteiger partial charge is 0.306 e. The molecule has 0 heterocycles. The van der Waals surface area contributed by atoms with Crippen LogP contribution in [0.1, 0.15) is 86.0 Å². The Morgan fingerprint density at radius 3 is 2.31 bits per heavy atom. The molecule has 0 aliphatic heterocycles. The Balaban J connectivity index is 1.66. The van der Waals surface area contributed by atoms with Gasteiger partial charge in [0.2, 0.25) is 0 Å². The van der Waals surface area contributed by atoms with Crippen molar-refractivity contribution in [2.75, 3.05) is 0 Å². The maximum Gasteiger partial charge on any atom is 0.306 e. The van der Waals surface area contributed by atoms with Crippen LogP contribution < -0.4 is 0 Å². The van der Waals surface area contributed by atoms with Gasteiger partial charge in [0.05, 0.1) is 5.92 Å². The first-order valence-electron chi connectivity index (χ1n) is 11.7. The highest BCUT2D eigenvalue weighted by Crippen LogP contribution is 2.52. The summed E-state index contributed by atoms with van der Waals surface area (Å²) >= 11 is 0. The molecule has 0 spiro atoms. The summed E-state index contributed by atoms with van der Waals surface area (Å²) in [5, 5.41) is 9.19. The van der Waals surface area contributed by atoms with Gasteiger partial charge in [0.15, 0.2) is 0 Å². The number of carboxylic acids is 1. The summed E-state index contributed by atoms with van der Waals surface area (Å²) in [6.45, 7) is 11.4. The van der Waals surface area contributed by atoms with Crippen LogP contribution in [0, 0.1) is 52.3 Å². The van der Waals surface area contributed by atoms with Crippen molar-refractivity contribution >= 4 is 5.97 Å². The lowest BCUT2D eigenvalue weighted by atomic mass is 9.57. The first kappa shape index (κ1) is 22.2. The number of fused-ring (bicyclic) bond motifs is 1. The summed E-state index contributed by atoms with van der Waals surface area (Å²) in [6, 6.07) is 0. The van der Waals surface area contributed by atoms with Gasteiger partial charge in [-0.2, -0.15) is 0 Å². The van der Waals surface area contributed by atoms with Crippen LogP contribution >= 0.6 is 0 Å². The number of hydrogen-bond acceptors (Lipinski definition) is 1. The standard InChI is InChI=1S/C27H40O2/c1-26(2,3)16-14-21-15-17-27(4,5)24-13-10-20(18-23(21)24)7-6-19-8-11-22(12-9-19)25(28)29/h6-7,15,19-20,22-24H,8-13,17-18H2,1-5H3,(H,28,29)/b7-6+. The van der Waals surface area contributed by atoms with Gasteiger partial charge >= 0.3 is 5.97 Å². The second-order valence-corrected chi connectivity index (χ2v) is 11.5. The number of aliphatic carboxylic acids is 1. The fourth-order valence-electron chi connectivity index (χ4n) is 5.61. The van der Waals surface area contributed by atoms with E-state index in [1.54, 1.807) is 0 Å². The Morgan fingerprint density at radius 2 is 1.69 bits per heavy atom. The van der Waals surface area contributed by atoms with Crippen molar-refractivity contribution in [3.63, 3.8) is 0 Å². The number of rotatable bonds is 3. The van der Waals surface area contributed by atoms with Crippen molar-refractivity contribution in [1.29, 1.82) is 0 Å². The van der Waals surface area contributed by atoms with E-state index >= 15 is 0 Å². The molecule has 3 aliphatic rings. The molecule has 0 aromatic heterocycles. The van der Waals surface area contributed by atoms with E-state index in [2.05, 4.69) is 64.7 Å². The van der Waals surface area contributed by atoms with Crippen molar-refractivity contribution in [2.45, 2.75) is 86.0 Å². The average Bonchev–Trinajstić information content (AvgIpc) is 2.65. The van der Waals surface area contributed by atoms with Gasteiger partial charge < -0.3 is 5.11 Å². The minimum absolute atomic E-state index is 0.0477. The van der Waals surface area contributed by atoms with Gasteiger partial charge in [-0.1, -0.05) is 43.9 Å². The summed E-state index contributed by atoms with van der Waals surface area (Å²) in [6.07, 6.45) is 16.0. The lowest BCUT2D eigenvalue weighted by Gasteiger charge is -2.47. The highest BCUT2D eigenvalue weighted by molar-refractivity contribution is 5.70. The SMILES string of the molecule is CC(C)(C)C#CC1=CCC(C)(C)C2CCC(/C=C/C3CCC(C(=O)O)CC3)CC12. The van der Waals surface area contributed by atoms with E-state index in [1.165, 1.54) is 24.8 Å².